The first-order chi connectivity index (χ1) is 13.2. The van der Waals surface area contributed by atoms with Crippen LogP contribution in [-0.4, -0.2) is 22.4 Å². The number of hydrogen-bond acceptors (Lipinski definition) is 3. The average molecular weight is 380 g/mol. The molecule has 1 aromatic rings. The second kappa shape index (κ2) is 5.95. The van der Waals surface area contributed by atoms with E-state index in [0.29, 0.717) is 11.3 Å². The Balaban J connectivity index is 1.51. The van der Waals surface area contributed by atoms with Gasteiger partial charge in [-0.15, -0.1) is 0 Å². The lowest BCUT2D eigenvalue weighted by atomic mass is 9.48. The zero-order chi connectivity index (χ0) is 19.7. The Bertz CT molecular complexity index is 860. The number of ketones is 1. The minimum absolute atomic E-state index is 0.147. The number of fused-ring (bicyclic) bond motifs is 1. The molecule has 6 rings (SSSR count). The number of benzene rings is 1. The summed E-state index contributed by atoms with van der Waals surface area (Å²) in [5.41, 5.74) is 2.80. The summed E-state index contributed by atoms with van der Waals surface area (Å²) < 4.78 is 0. The van der Waals surface area contributed by atoms with Crippen molar-refractivity contribution in [2.24, 2.45) is 23.2 Å². The maximum atomic E-state index is 13.6. The van der Waals surface area contributed by atoms with Crippen molar-refractivity contribution in [1.29, 1.82) is 0 Å². The predicted octanol–water partition coefficient (Wildman–Crippen LogP) is 4.44. The zero-order valence-corrected chi connectivity index (χ0v) is 16.8. The van der Waals surface area contributed by atoms with E-state index >= 15 is 0 Å². The third-order valence-corrected chi connectivity index (χ3v) is 7.58. The highest BCUT2D eigenvalue weighted by Crippen LogP contribution is 2.60. The molecule has 5 aliphatic rings. The smallest absolute Gasteiger partial charge is 0.335 e. The third kappa shape index (κ3) is 2.89. The zero-order valence-electron chi connectivity index (χ0n) is 16.8. The topological polar surface area (TPSA) is 66.4 Å². The molecular weight excluding hydrogens is 350 g/mol. The summed E-state index contributed by atoms with van der Waals surface area (Å²) in [7, 11) is 0. The van der Waals surface area contributed by atoms with Crippen LogP contribution < -0.4 is 5.32 Å². The summed E-state index contributed by atoms with van der Waals surface area (Å²) in [6, 6.07) is 5.27. The van der Waals surface area contributed by atoms with Gasteiger partial charge in [0, 0.05) is 28.3 Å². The van der Waals surface area contributed by atoms with Crippen LogP contribution in [0.4, 0.5) is 0 Å². The van der Waals surface area contributed by atoms with Crippen molar-refractivity contribution in [3.05, 3.63) is 41.0 Å². The van der Waals surface area contributed by atoms with E-state index in [0.717, 1.165) is 60.3 Å². The predicted molar refractivity (Wildman–Crippen MR) is 108 cm³/mol. The van der Waals surface area contributed by atoms with Crippen LogP contribution in [0.3, 0.4) is 0 Å². The number of nitrogens with one attached hydrogen (secondary N) is 1. The van der Waals surface area contributed by atoms with E-state index in [9.17, 15) is 14.7 Å². The van der Waals surface area contributed by atoms with Crippen molar-refractivity contribution in [1.82, 2.24) is 5.32 Å². The molecule has 0 saturated heterocycles. The average Bonchev–Trinajstić information content (AvgIpc) is 2.59. The first-order valence-electron chi connectivity index (χ1n) is 10.6. The summed E-state index contributed by atoms with van der Waals surface area (Å²) in [5, 5.41) is 12.9. The molecule has 0 aromatic heterocycles. The molecule has 4 saturated carbocycles. The van der Waals surface area contributed by atoms with Gasteiger partial charge in [-0.2, -0.15) is 0 Å². The quantitative estimate of drug-likeness (QED) is 0.762. The van der Waals surface area contributed by atoms with Gasteiger partial charge >= 0.3 is 5.97 Å². The molecule has 4 nitrogen and oxygen atoms in total. The fourth-order valence-electron chi connectivity index (χ4n) is 6.90. The van der Waals surface area contributed by atoms with Gasteiger partial charge < -0.3 is 10.4 Å². The lowest BCUT2D eigenvalue weighted by molar-refractivity contribution is -0.138. The highest BCUT2D eigenvalue weighted by Gasteiger charge is 2.54. The standard InChI is InChI=1S/C24H29NO3/c1-23(2)13-18-8-17(22(27)28)3-4-19(18)20(25-23)9-21(26)24-10-14-5-15(11-24)7-16(6-14)12-24/h3-4,8-9,14-16,25H,5-7,10-13H2,1-2H3,(H,27,28)/b20-9-. The van der Waals surface area contributed by atoms with E-state index in [4.69, 9.17) is 0 Å². The molecule has 1 aliphatic heterocycles. The number of rotatable bonds is 3. The van der Waals surface area contributed by atoms with Gasteiger partial charge in [-0.25, -0.2) is 4.79 Å². The Morgan fingerprint density at radius 1 is 1.07 bits per heavy atom. The van der Waals surface area contributed by atoms with Gasteiger partial charge in [0.25, 0.3) is 0 Å². The lowest BCUT2D eigenvalue weighted by Gasteiger charge is -2.55. The SMILES string of the molecule is CC1(C)Cc2cc(C(=O)O)ccc2/C(=C/C(=O)C23CC4CC(CC(C4)C2)C3)N1. The Morgan fingerprint density at radius 2 is 1.68 bits per heavy atom. The Morgan fingerprint density at radius 3 is 2.25 bits per heavy atom. The highest BCUT2D eigenvalue weighted by molar-refractivity contribution is 6.01. The minimum atomic E-state index is -0.908. The summed E-state index contributed by atoms with van der Waals surface area (Å²) in [4.78, 5) is 24.9. The highest BCUT2D eigenvalue weighted by atomic mass is 16.4. The maximum absolute atomic E-state index is 13.6. The molecule has 28 heavy (non-hydrogen) atoms. The van der Waals surface area contributed by atoms with E-state index in [1.807, 2.05) is 12.1 Å². The number of carbonyl (C=O) groups is 2. The normalized spacial score (nSPS) is 36.1. The van der Waals surface area contributed by atoms with Gasteiger partial charge in [0.05, 0.1) is 5.56 Å². The third-order valence-electron chi connectivity index (χ3n) is 7.58. The van der Waals surface area contributed by atoms with Crippen molar-refractivity contribution >= 4 is 17.4 Å². The van der Waals surface area contributed by atoms with Gasteiger partial charge in [0.1, 0.15) is 0 Å². The van der Waals surface area contributed by atoms with Crippen molar-refractivity contribution < 1.29 is 14.7 Å². The molecule has 1 heterocycles. The summed E-state index contributed by atoms with van der Waals surface area (Å²) in [6.45, 7) is 4.21. The van der Waals surface area contributed by atoms with Crippen LogP contribution >= 0.6 is 0 Å². The lowest BCUT2D eigenvalue weighted by Crippen LogP contribution is -2.50. The van der Waals surface area contributed by atoms with E-state index in [1.54, 1.807) is 12.1 Å². The van der Waals surface area contributed by atoms with Gasteiger partial charge in [-0.3, -0.25) is 4.79 Å². The first kappa shape index (κ1) is 18.0. The van der Waals surface area contributed by atoms with Crippen molar-refractivity contribution in [3.63, 3.8) is 0 Å². The monoisotopic (exact) mass is 379 g/mol. The summed E-state index contributed by atoms with van der Waals surface area (Å²) in [6.07, 6.45) is 9.78. The molecule has 148 valence electrons. The number of aromatic carboxylic acids is 1. The Labute approximate surface area is 166 Å². The minimum Gasteiger partial charge on any atom is -0.478 e. The van der Waals surface area contributed by atoms with E-state index in [1.165, 1.54) is 19.3 Å². The fourth-order valence-corrected chi connectivity index (χ4v) is 6.90. The van der Waals surface area contributed by atoms with Crippen LogP contribution in [0.1, 0.15) is 73.9 Å². The van der Waals surface area contributed by atoms with Crippen molar-refractivity contribution in [3.8, 4) is 0 Å². The van der Waals surface area contributed by atoms with Crippen LogP contribution in [-0.2, 0) is 11.2 Å². The molecule has 1 aromatic carbocycles. The number of carboxylic acid groups (broad SMARTS) is 1. The van der Waals surface area contributed by atoms with Crippen LogP contribution in [0.15, 0.2) is 24.3 Å². The molecule has 0 radical (unpaired) electrons. The van der Waals surface area contributed by atoms with Gasteiger partial charge in [-0.1, -0.05) is 6.07 Å². The summed E-state index contributed by atoms with van der Waals surface area (Å²) >= 11 is 0. The van der Waals surface area contributed by atoms with Gasteiger partial charge in [-0.05, 0) is 94.2 Å². The van der Waals surface area contributed by atoms with Crippen LogP contribution in [0.2, 0.25) is 0 Å². The molecular formula is C24H29NO3. The molecule has 4 aliphatic carbocycles. The Hall–Kier alpha value is -2.10. The second-order valence-electron chi connectivity index (χ2n) is 10.5. The van der Waals surface area contributed by atoms with Crippen LogP contribution in [0.5, 0.6) is 0 Å². The van der Waals surface area contributed by atoms with Crippen molar-refractivity contribution in [2.45, 2.75) is 64.3 Å². The number of allylic oxidation sites excluding steroid dienone is 1. The van der Waals surface area contributed by atoms with Gasteiger partial charge in [0.2, 0.25) is 0 Å². The second-order valence-corrected chi connectivity index (χ2v) is 10.5. The van der Waals surface area contributed by atoms with E-state index in [-0.39, 0.29) is 11.0 Å². The van der Waals surface area contributed by atoms with E-state index < -0.39 is 5.97 Å². The molecule has 0 spiro atoms. The van der Waals surface area contributed by atoms with Crippen LogP contribution in [0, 0.1) is 23.2 Å². The molecule has 2 N–H and O–H groups in total. The summed E-state index contributed by atoms with van der Waals surface area (Å²) in [5.74, 6) is 1.62. The molecule has 0 atom stereocenters. The van der Waals surface area contributed by atoms with E-state index in [2.05, 4.69) is 19.2 Å². The Kier molecular flexibility index (Phi) is 3.82. The molecule has 0 amide bonds. The molecule has 4 fully saturated rings. The van der Waals surface area contributed by atoms with Crippen molar-refractivity contribution in [2.75, 3.05) is 0 Å². The fraction of sp³-hybridized carbons (Fsp3) is 0.583. The molecule has 4 bridgehead atoms. The van der Waals surface area contributed by atoms with Crippen LogP contribution in [0.25, 0.3) is 5.70 Å². The first-order valence-corrected chi connectivity index (χ1v) is 10.6. The number of carboxylic acids is 1. The van der Waals surface area contributed by atoms with Gasteiger partial charge in [0.15, 0.2) is 5.78 Å². The number of carbonyl (C=O) groups excluding carboxylic acids is 1. The maximum Gasteiger partial charge on any atom is 0.335 e. The number of hydrogen-bond donors (Lipinski definition) is 2. The largest absolute Gasteiger partial charge is 0.478 e. The molecule has 0 unspecified atom stereocenters. The molecule has 4 heteroatoms.